The van der Waals surface area contributed by atoms with E-state index >= 15 is 0 Å². The molecule has 2 aromatic carbocycles. The molecule has 2 atom stereocenters. The maximum atomic E-state index is 13.3. The number of amides is 1. The van der Waals surface area contributed by atoms with Crippen LogP contribution in [0.5, 0.6) is 5.88 Å². The number of pyridine rings is 1. The lowest BCUT2D eigenvalue weighted by Crippen LogP contribution is -2.44. The van der Waals surface area contributed by atoms with Gasteiger partial charge in [0.15, 0.2) is 5.65 Å². The summed E-state index contributed by atoms with van der Waals surface area (Å²) in [5.74, 6) is 1.63. The van der Waals surface area contributed by atoms with Gasteiger partial charge in [0.2, 0.25) is 11.8 Å². The zero-order valence-electron chi connectivity index (χ0n) is 29.9. The standard InChI is InChI=1S/C39H42N8O4/c1-21-25(26-10-8-12-28(22(26)2)42-34-33-35(41-23(3)40-34)45(4)38(50)46(5)37(33)49)9-7-11-27(21)29-19-24-13-14-30(32(24)36(43-29)51-6)47-18-17-39(20-47)16-15-31(48)44-39/h7-12,19,30H,13-18,20H2,1-6H3,(H,44,48)(H,40,41,42). The number of carbonyl (C=O) groups is 1. The third-order valence-electron chi connectivity index (χ3n) is 11.3. The van der Waals surface area contributed by atoms with Crippen molar-refractivity contribution in [1.29, 1.82) is 0 Å². The molecule has 0 bridgehead atoms. The molecule has 2 aliphatic heterocycles. The van der Waals surface area contributed by atoms with E-state index in [1.165, 1.54) is 22.7 Å². The van der Waals surface area contributed by atoms with E-state index in [2.05, 4.69) is 62.8 Å². The van der Waals surface area contributed by atoms with Crippen LogP contribution in [0.1, 0.15) is 59.8 Å². The monoisotopic (exact) mass is 686 g/mol. The van der Waals surface area contributed by atoms with Crippen molar-refractivity contribution in [2.75, 3.05) is 25.5 Å². The summed E-state index contributed by atoms with van der Waals surface area (Å²) in [6.45, 7) is 7.73. The number of nitrogens with zero attached hydrogens (tertiary/aromatic N) is 6. The first-order chi connectivity index (χ1) is 24.5. The second kappa shape index (κ2) is 12.2. The lowest BCUT2D eigenvalue weighted by molar-refractivity contribution is -0.119. The topological polar surface area (TPSA) is 136 Å². The van der Waals surface area contributed by atoms with Gasteiger partial charge in [0.1, 0.15) is 17.0 Å². The highest BCUT2D eigenvalue weighted by molar-refractivity contribution is 5.90. The third kappa shape index (κ3) is 5.31. The van der Waals surface area contributed by atoms with Gasteiger partial charge in [0.25, 0.3) is 5.56 Å². The molecule has 5 aromatic rings. The zero-order chi connectivity index (χ0) is 35.8. The Labute approximate surface area is 295 Å². The van der Waals surface area contributed by atoms with E-state index in [1.807, 2.05) is 19.1 Å². The van der Waals surface area contributed by atoms with E-state index < -0.39 is 11.2 Å². The Kier molecular flexibility index (Phi) is 7.82. The summed E-state index contributed by atoms with van der Waals surface area (Å²) in [6, 6.07) is 14.8. The Morgan fingerprint density at radius 2 is 1.65 bits per heavy atom. The first-order valence-electron chi connectivity index (χ1n) is 17.5. The van der Waals surface area contributed by atoms with Crippen molar-refractivity contribution in [3.05, 3.63) is 91.4 Å². The van der Waals surface area contributed by atoms with E-state index in [0.29, 0.717) is 23.9 Å². The zero-order valence-corrected chi connectivity index (χ0v) is 29.9. The number of ether oxygens (including phenoxy) is 1. The van der Waals surface area contributed by atoms with Gasteiger partial charge >= 0.3 is 5.69 Å². The first kappa shape index (κ1) is 32.8. The van der Waals surface area contributed by atoms with E-state index in [1.54, 1.807) is 21.1 Å². The summed E-state index contributed by atoms with van der Waals surface area (Å²) >= 11 is 0. The number of methoxy groups -OCH3 is 1. The predicted molar refractivity (Wildman–Crippen MR) is 197 cm³/mol. The highest BCUT2D eigenvalue weighted by atomic mass is 16.5. The molecule has 0 saturated carbocycles. The Balaban J connectivity index is 1.14. The smallest absolute Gasteiger partial charge is 0.332 e. The molecular formula is C39H42N8O4. The van der Waals surface area contributed by atoms with E-state index in [9.17, 15) is 14.4 Å². The molecule has 2 fully saturated rings. The van der Waals surface area contributed by atoms with Gasteiger partial charge in [-0.1, -0.05) is 30.3 Å². The molecule has 5 heterocycles. The molecule has 1 aliphatic carbocycles. The van der Waals surface area contributed by atoms with Crippen molar-refractivity contribution >= 4 is 28.4 Å². The van der Waals surface area contributed by atoms with Crippen molar-refractivity contribution in [2.45, 2.75) is 64.5 Å². The van der Waals surface area contributed by atoms with Gasteiger partial charge in [0, 0.05) is 56.5 Å². The second-order valence-corrected chi connectivity index (χ2v) is 14.3. The van der Waals surface area contributed by atoms with Gasteiger partial charge in [-0.2, -0.15) is 0 Å². The summed E-state index contributed by atoms with van der Waals surface area (Å²) in [6.07, 6.45) is 4.45. The normalized spacial score (nSPS) is 20.0. The number of anilines is 2. The summed E-state index contributed by atoms with van der Waals surface area (Å²) < 4.78 is 8.43. The number of carbonyl (C=O) groups excluding carboxylic acids is 1. The highest BCUT2D eigenvalue weighted by Gasteiger charge is 2.46. The fourth-order valence-corrected chi connectivity index (χ4v) is 8.54. The minimum atomic E-state index is -0.455. The van der Waals surface area contributed by atoms with Crippen molar-refractivity contribution in [1.82, 2.24) is 34.3 Å². The van der Waals surface area contributed by atoms with Crippen LogP contribution in [-0.4, -0.2) is 60.6 Å². The summed E-state index contributed by atoms with van der Waals surface area (Å²) in [7, 11) is 4.76. The fraction of sp³-hybridized carbons (Fsp3) is 0.385. The van der Waals surface area contributed by atoms with Crippen molar-refractivity contribution in [3.8, 4) is 28.3 Å². The Hall–Kier alpha value is -5.36. The molecule has 2 N–H and O–H groups in total. The van der Waals surface area contributed by atoms with E-state index in [4.69, 9.17) is 9.72 Å². The first-order valence-corrected chi connectivity index (χ1v) is 17.5. The van der Waals surface area contributed by atoms with Crippen LogP contribution in [0.4, 0.5) is 11.5 Å². The Morgan fingerprint density at radius 3 is 2.39 bits per heavy atom. The van der Waals surface area contributed by atoms with Crippen LogP contribution in [0.15, 0.2) is 52.1 Å². The number of hydrogen-bond donors (Lipinski definition) is 2. The van der Waals surface area contributed by atoms with Crippen molar-refractivity contribution in [2.24, 2.45) is 14.1 Å². The van der Waals surface area contributed by atoms with Gasteiger partial charge in [-0.25, -0.2) is 19.7 Å². The lowest BCUT2D eigenvalue weighted by atomic mass is 9.91. The molecule has 1 spiro atoms. The number of fused-ring (bicyclic) bond motifs is 2. The van der Waals surface area contributed by atoms with E-state index in [0.717, 1.165) is 82.5 Å². The van der Waals surface area contributed by atoms with Gasteiger partial charge in [-0.15, -0.1) is 0 Å². The lowest BCUT2D eigenvalue weighted by Gasteiger charge is -2.28. The molecule has 0 radical (unpaired) electrons. The molecule has 2 saturated heterocycles. The molecule has 3 aliphatic rings. The number of nitrogens with one attached hydrogen (secondary N) is 2. The third-order valence-corrected chi connectivity index (χ3v) is 11.3. The number of benzene rings is 2. The molecule has 12 nitrogen and oxygen atoms in total. The Bertz CT molecular complexity index is 2400. The van der Waals surface area contributed by atoms with Gasteiger partial charge in [0.05, 0.1) is 18.3 Å². The predicted octanol–water partition coefficient (Wildman–Crippen LogP) is 4.78. The van der Waals surface area contributed by atoms with Crippen molar-refractivity contribution < 1.29 is 9.53 Å². The molecule has 1 amide bonds. The van der Waals surface area contributed by atoms with Crippen molar-refractivity contribution in [3.63, 3.8) is 0 Å². The Morgan fingerprint density at radius 1 is 0.902 bits per heavy atom. The van der Waals surface area contributed by atoms with E-state index in [-0.39, 0.29) is 28.5 Å². The maximum absolute atomic E-state index is 13.3. The molecule has 3 aromatic heterocycles. The largest absolute Gasteiger partial charge is 0.481 e. The van der Waals surface area contributed by atoms with Crippen LogP contribution in [0.25, 0.3) is 33.4 Å². The quantitative estimate of drug-likeness (QED) is 0.259. The number of aromatic nitrogens is 5. The van der Waals surface area contributed by atoms with Crippen LogP contribution in [-0.2, 0) is 25.3 Å². The minimum Gasteiger partial charge on any atom is -0.481 e. The van der Waals surface area contributed by atoms with Gasteiger partial charge in [-0.3, -0.25) is 23.6 Å². The SMILES string of the molecule is COc1nc(-c2cccc(-c3cccc(Nc4nc(C)nc5c4c(=O)n(C)c(=O)n5C)c3C)c2C)cc2c1C(N1CCC3(CCC(=O)N3)C1)CC2. The molecule has 12 heteroatoms. The highest BCUT2D eigenvalue weighted by Crippen LogP contribution is 2.46. The minimum absolute atomic E-state index is 0.0958. The molecular weight excluding hydrogens is 644 g/mol. The molecule has 8 rings (SSSR count). The summed E-state index contributed by atoms with van der Waals surface area (Å²) in [5, 5.41) is 6.92. The number of hydrogen-bond acceptors (Lipinski definition) is 9. The summed E-state index contributed by atoms with van der Waals surface area (Å²) in [5.41, 5.74) is 8.59. The fourth-order valence-electron chi connectivity index (χ4n) is 8.54. The number of aryl methyl sites for hydroxylation is 3. The average Bonchev–Trinajstić information content (AvgIpc) is 3.84. The van der Waals surface area contributed by atoms with Gasteiger partial charge < -0.3 is 15.4 Å². The number of likely N-dealkylation sites (tertiary alicyclic amines) is 1. The maximum Gasteiger partial charge on any atom is 0.332 e. The molecule has 262 valence electrons. The summed E-state index contributed by atoms with van der Waals surface area (Å²) in [4.78, 5) is 54.6. The second-order valence-electron chi connectivity index (χ2n) is 14.3. The average molecular weight is 687 g/mol. The van der Waals surface area contributed by atoms with Crippen LogP contribution >= 0.6 is 0 Å². The van der Waals surface area contributed by atoms with Crippen LogP contribution in [0, 0.1) is 20.8 Å². The molecule has 51 heavy (non-hydrogen) atoms. The molecule has 2 unspecified atom stereocenters. The van der Waals surface area contributed by atoms with Crippen LogP contribution in [0.2, 0.25) is 0 Å². The van der Waals surface area contributed by atoms with Gasteiger partial charge in [-0.05, 0) is 86.4 Å². The number of rotatable bonds is 6. The van der Waals surface area contributed by atoms with Crippen LogP contribution in [0.3, 0.4) is 0 Å². The van der Waals surface area contributed by atoms with Crippen LogP contribution < -0.4 is 26.6 Å².